The van der Waals surface area contributed by atoms with Gasteiger partial charge in [-0.15, -0.1) is 5.06 Å². The van der Waals surface area contributed by atoms with Gasteiger partial charge in [-0.1, -0.05) is 12.7 Å². The van der Waals surface area contributed by atoms with Gasteiger partial charge in [-0.05, 0) is 18.9 Å². The average molecular weight is 330 g/mol. The summed E-state index contributed by atoms with van der Waals surface area (Å²) in [7, 11) is 1.54. The maximum Gasteiger partial charge on any atom is 0.324 e. The number of aliphatic carboxylic acids is 1. The molecular weight excluding hydrogens is 312 g/mol. The van der Waals surface area contributed by atoms with E-state index in [1.165, 1.54) is 18.2 Å². The van der Waals surface area contributed by atoms with E-state index in [9.17, 15) is 14.7 Å². The van der Waals surface area contributed by atoms with Gasteiger partial charge in [-0.2, -0.15) is 0 Å². The number of carboxylic acid groups (broad SMARTS) is 1. The summed E-state index contributed by atoms with van der Waals surface area (Å²) in [5.41, 5.74) is 0.959. The highest BCUT2D eigenvalue weighted by Gasteiger charge is 2.32. The number of aromatic amines is 1. The minimum absolute atomic E-state index is 0.313. The van der Waals surface area contributed by atoms with Crippen LogP contribution in [0, 0.1) is 0 Å². The number of fused-ring (bicyclic) bond motifs is 1. The Morgan fingerprint density at radius 1 is 1.42 bits per heavy atom. The highest BCUT2D eigenvalue weighted by atomic mass is 16.7. The second-order valence-corrected chi connectivity index (χ2v) is 5.57. The molecule has 2 heterocycles. The van der Waals surface area contributed by atoms with Crippen LogP contribution in [0.25, 0.3) is 17.0 Å². The van der Waals surface area contributed by atoms with E-state index in [1.807, 2.05) is 0 Å². The van der Waals surface area contributed by atoms with Crippen molar-refractivity contribution in [3.05, 3.63) is 40.7 Å². The van der Waals surface area contributed by atoms with Gasteiger partial charge in [0.1, 0.15) is 11.8 Å². The van der Waals surface area contributed by atoms with E-state index >= 15 is 0 Å². The third kappa shape index (κ3) is 2.85. The summed E-state index contributed by atoms with van der Waals surface area (Å²) in [4.78, 5) is 31.7. The first-order valence-electron chi connectivity index (χ1n) is 7.58. The fraction of sp³-hybridized carbons (Fsp3) is 0.294. The van der Waals surface area contributed by atoms with E-state index in [1.54, 1.807) is 18.2 Å². The molecule has 0 amide bonds. The van der Waals surface area contributed by atoms with Crippen molar-refractivity contribution in [3.8, 4) is 11.5 Å². The highest BCUT2D eigenvalue weighted by Crippen LogP contribution is 2.31. The maximum atomic E-state index is 11.9. The number of hydrogen-bond donors (Lipinski definition) is 2. The number of rotatable bonds is 5. The number of nitrogens with one attached hydrogen (secondary N) is 1. The highest BCUT2D eigenvalue weighted by molar-refractivity contribution is 5.89. The SMILES string of the molecule is C=Cc1cc2c(ON3CCC[C@H]3C(=O)O)cc(=O)[nH]c2cc1OC. The van der Waals surface area contributed by atoms with Crippen LogP contribution < -0.4 is 15.1 Å². The van der Waals surface area contributed by atoms with Crippen molar-refractivity contribution in [2.24, 2.45) is 0 Å². The van der Waals surface area contributed by atoms with Crippen molar-refractivity contribution in [1.82, 2.24) is 10.0 Å². The number of ether oxygens (including phenoxy) is 1. The molecule has 2 N–H and O–H groups in total. The minimum atomic E-state index is -0.935. The topological polar surface area (TPSA) is 91.9 Å². The summed E-state index contributed by atoms with van der Waals surface area (Å²) in [6.45, 7) is 4.25. The normalized spacial score (nSPS) is 17.8. The standard InChI is InChI=1S/C17H18N2O5/c1-3-10-7-11-12(8-14(10)23-2)18-16(20)9-15(11)24-19-6-4-5-13(19)17(21)22/h3,7-9,13H,1,4-6H2,2H3,(H,18,20)(H,21,22)/t13-/m0/s1. The number of hydrogen-bond acceptors (Lipinski definition) is 5. The molecule has 7 heteroatoms. The number of carbonyl (C=O) groups is 1. The molecule has 1 aliphatic rings. The number of pyridine rings is 1. The van der Waals surface area contributed by atoms with Gasteiger partial charge in [-0.3, -0.25) is 9.59 Å². The zero-order chi connectivity index (χ0) is 17.3. The molecule has 24 heavy (non-hydrogen) atoms. The Kier molecular flexibility index (Phi) is 4.26. The second-order valence-electron chi connectivity index (χ2n) is 5.57. The quantitative estimate of drug-likeness (QED) is 0.871. The van der Waals surface area contributed by atoms with Crippen LogP contribution in [-0.2, 0) is 4.79 Å². The molecule has 0 radical (unpaired) electrons. The summed E-state index contributed by atoms with van der Waals surface area (Å²) in [5.74, 6) is -0.0439. The van der Waals surface area contributed by atoms with Gasteiger partial charge in [0, 0.05) is 29.6 Å². The Morgan fingerprint density at radius 2 is 2.21 bits per heavy atom. The van der Waals surface area contributed by atoms with E-state index in [0.29, 0.717) is 35.4 Å². The largest absolute Gasteiger partial charge is 0.496 e. The summed E-state index contributed by atoms with van der Waals surface area (Å²) >= 11 is 0. The average Bonchev–Trinajstić information content (AvgIpc) is 3.02. The van der Waals surface area contributed by atoms with Crippen molar-refractivity contribution in [2.45, 2.75) is 18.9 Å². The third-order valence-corrected chi connectivity index (χ3v) is 4.08. The number of hydroxylamine groups is 2. The Labute approximate surface area is 138 Å². The first-order valence-corrected chi connectivity index (χ1v) is 7.58. The van der Waals surface area contributed by atoms with Crippen LogP contribution in [0.2, 0.25) is 0 Å². The monoisotopic (exact) mass is 330 g/mol. The van der Waals surface area contributed by atoms with Gasteiger partial charge in [0.15, 0.2) is 5.75 Å². The lowest BCUT2D eigenvalue weighted by molar-refractivity contribution is -0.154. The molecule has 0 spiro atoms. The van der Waals surface area contributed by atoms with Gasteiger partial charge >= 0.3 is 5.97 Å². The van der Waals surface area contributed by atoms with Crippen molar-refractivity contribution in [1.29, 1.82) is 0 Å². The molecule has 0 aliphatic carbocycles. The molecule has 0 unspecified atom stereocenters. The summed E-state index contributed by atoms with van der Waals surface area (Å²) in [6.07, 6.45) is 2.88. The molecule has 7 nitrogen and oxygen atoms in total. The lowest BCUT2D eigenvalue weighted by Crippen LogP contribution is -2.38. The molecule has 126 valence electrons. The van der Waals surface area contributed by atoms with Crippen molar-refractivity contribution >= 4 is 22.9 Å². The van der Waals surface area contributed by atoms with Gasteiger partial charge < -0.3 is 19.7 Å². The molecule has 0 bridgehead atoms. The Balaban J connectivity index is 2.08. The maximum absolute atomic E-state index is 11.9. The zero-order valence-electron chi connectivity index (χ0n) is 13.2. The molecule has 1 saturated heterocycles. The van der Waals surface area contributed by atoms with E-state index in [4.69, 9.17) is 9.57 Å². The van der Waals surface area contributed by atoms with Crippen molar-refractivity contribution in [2.75, 3.05) is 13.7 Å². The molecule has 0 saturated carbocycles. The van der Waals surface area contributed by atoms with Crippen molar-refractivity contribution < 1.29 is 19.5 Å². The first-order chi connectivity index (χ1) is 11.5. The number of nitrogens with zero attached hydrogens (tertiary/aromatic N) is 1. The fourth-order valence-corrected chi connectivity index (χ4v) is 2.90. The second kappa shape index (κ2) is 6.37. The molecule has 3 rings (SSSR count). The van der Waals surface area contributed by atoms with Gasteiger partial charge in [0.25, 0.3) is 5.56 Å². The third-order valence-electron chi connectivity index (χ3n) is 4.08. The van der Waals surface area contributed by atoms with Crippen molar-refractivity contribution in [3.63, 3.8) is 0 Å². The first kappa shape index (κ1) is 16.1. The predicted octanol–water partition coefficient (Wildman–Crippen LogP) is 2.02. The van der Waals surface area contributed by atoms with Gasteiger partial charge in [0.2, 0.25) is 0 Å². The lowest BCUT2D eigenvalue weighted by atomic mass is 10.1. The molecule has 1 aliphatic heterocycles. The van der Waals surface area contributed by atoms with Crippen LogP contribution in [0.5, 0.6) is 11.5 Å². The van der Waals surface area contributed by atoms with Crippen LogP contribution in [-0.4, -0.2) is 40.8 Å². The Hall–Kier alpha value is -2.80. The zero-order valence-corrected chi connectivity index (χ0v) is 13.2. The van der Waals surface area contributed by atoms with E-state index in [0.717, 1.165) is 12.0 Å². The van der Waals surface area contributed by atoms with Crippen LogP contribution >= 0.6 is 0 Å². The van der Waals surface area contributed by atoms with Crippen LogP contribution in [0.15, 0.2) is 29.6 Å². The summed E-state index contributed by atoms with van der Waals surface area (Å²) < 4.78 is 5.28. The predicted molar refractivity (Wildman–Crippen MR) is 89.2 cm³/mol. The number of carboxylic acids is 1. The number of aromatic nitrogens is 1. The summed E-state index contributed by atoms with van der Waals surface area (Å²) in [6, 6.07) is 4.09. The van der Waals surface area contributed by atoms with Crippen LogP contribution in [0.3, 0.4) is 0 Å². The summed E-state index contributed by atoms with van der Waals surface area (Å²) in [5, 5.41) is 11.3. The number of H-pyrrole nitrogens is 1. The van der Waals surface area contributed by atoms with Crippen LogP contribution in [0.4, 0.5) is 0 Å². The smallest absolute Gasteiger partial charge is 0.324 e. The molecule has 1 atom stereocenters. The number of benzene rings is 1. The van der Waals surface area contributed by atoms with E-state index < -0.39 is 12.0 Å². The molecular formula is C17H18N2O5. The Morgan fingerprint density at radius 3 is 2.88 bits per heavy atom. The fourth-order valence-electron chi connectivity index (χ4n) is 2.90. The van der Waals surface area contributed by atoms with E-state index in [-0.39, 0.29) is 5.56 Å². The van der Waals surface area contributed by atoms with Gasteiger partial charge in [0.05, 0.1) is 12.6 Å². The molecule has 1 aromatic heterocycles. The molecule has 1 aromatic carbocycles. The molecule has 2 aromatic rings. The Bertz CT molecular complexity index is 858. The van der Waals surface area contributed by atoms with Crippen LogP contribution in [0.1, 0.15) is 18.4 Å². The molecule has 1 fully saturated rings. The number of methoxy groups -OCH3 is 1. The minimum Gasteiger partial charge on any atom is -0.496 e. The van der Waals surface area contributed by atoms with Gasteiger partial charge in [-0.25, -0.2) is 0 Å². The lowest BCUT2D eigenvalue weighted by Gasteiger charge is -2.22. The van der Waals surface area contributed by atoms with E-state index in [2.05, 4.69) is 11.6 Å².